The Labute approximate surface area is 201 Å². The lowest BCUT2D eigenvalue weighted by molar-refractivity contribution is -0.127. The van der Waals surface area contributed by atoms with Crippen LogP contribution in [0.1, 0.15) is 5.56 Å². The smallest absolute Gasteiger partial charge is 0.294 e. The van der Waals surface area contributed by atoms with Crippen molar-refractivity contribution in [2.45, 2.75) is 0 Å². The number of hydrogen-bond donors (Lipinski definition) is 1. The first-order chi connectivity index (χ1) is 13.8. The summed E-state index contributed by atoms with van der Waals surface area (Å²) in [6, 6.07) is 10.8. The third-order valence-electron chi connectivity index (χ3n) is 3.83. The van der Waals surface area contributed by atoms with E-state index in [0.29, 0.717) is 21.5 Å². The molecule has 0 atom stereocenters. The van der Waals surface area contributed by atoms with E-state index in [2.05, 4.69) is 59.8 Å². The Kier molecular flexibility index (Phi) is 7.41. The maximum Gasteiger partial charge on any atom is 0.294 e. The van der Waals surface area contributed by atoms with Crippen LogP contribution in [-0.2, 0) is 9.59 Å². The highest BCUT2D eigenvalue weighted by molar-refractivity contribution is 14.1. The number of rotatable bonds is 5. The molecule has 2 aromatic carbocycles. The van der Waals surface area contributed by atoms with Crippen LogP contribution in [0.3, 0.4) is 0 Å². The van der Waals surface area contributed by atoms with Crippen LogP contribution >= 0.6 is 66.2 Å². The second-order valence-electron chi connectivity index (χ2n) is 5.83. The third kappa shape index (κ3) is 5.41. The predicted octanol–water partition coefficient (Wildman–Crippen LogP) is 5.50. The van der Waals surface area contributed by atoms with Gasteiger partial charge in [0.1, 0.15) is 12.3 Å². The quantitative estimate of drug-likeness (QED) is 0.342. The van der Waals surface area contributed by atoms with Crippen molar-refractivity contribution < 1.29 is 19.1 Å². The van der Waals surface area contributed by atoms with E-state index < -0.39 is 17.1 Å². The molecule has 2 aromatic rings. The molecule has 10 heteroatoms. The van der Waals surface area contributed by atoms with Gasteiger partial charge in [0.25, 0.3) is 11.1 Å². The van der Waals surface area contributed by atoms with Gasteiger partial charge in [0, 0.05) is 19.3 Å². The standard InChI is InChI=1S/C19H13Br2IN2O4S/c1-28-17-10(6-11(20)8-14(17)21)7-15-18(26)24(19(27)29-15)9-16(25)23-13-4-2-12(22)3-5-13/h2-8H,9H2,1H3,(H,23,25)/b15-7-. The molecule has 1 saturated heterocycles. The summed E-state index contributed by atoms with van der Waals surface area (Å²) in [4.78, 5) is 38.4. The van der Waals surface area contributed by atoms with E-state index in [0.717, 1.165) is 24.7 Å². The summed E-state index contributed by atoms with van der Waals surface area (Å²) in [5.74, 6) is -0.426. The van der Waals surface area contributed by atoms with Crippen molar-refractivity contribution in [1.82, 2.24) is 4.90 Å². The van der Waals surface area contributed by atoms with Gasteiger partial charge >= 0.3 is 0 Å². The fourth-order valence-electron chi connectivity index (χ4n) is 2.56. The van der Waals surface area contributed by atoms with Gasteiger partial charge in [0.2, 0.25) is 5.91 Å². The molecule has 150 valence electrons. The molecule has 0 spiro atoms. The van der Waals surface area contributed by atoms with E-state index in [4.69, 9.17) is 4.74 Å². The van der Waals surface area contributed by atoms with Gasteiger partial charge in [-0.15, -0.1) is 0 Å². The predicted molar refractivity (Wildman–Crippen MR) is 129 cm³/mol. The van der Waals surface area contributed by atoms with Crippen LogP contribution in [-0.4, -0.2) is 35.6 Å². The first-order valence-corrected chi connectivity index (χ1v) is 11.6. The molecule has 1 aliphatic heterocycles. The Morgan fingerprint density at radius 1 is 1.24 bits per heavy atom. The molecule has 1 heterocycles. The van der Waals surface area contributed by atoms with Gasteiger partial charge in [0.05, 0.1) is 16.5 Å². The average molecular weight is 652 g/mol. The van der Waals surface area contributed by atoms with E-state index in [-0.39, 0.29) is 11.4 Å². The summed E-state index contributed by atoms with van der Waals surface area (Å²) >= 11 is 9.76. The highest BCUT2D eigenvalue weighted by Crippen LogP contribution is 2.38. The lowest BCUT2D eigenvalue weighted by Gasteiger charge is -2.12. The van der Waals surface area contributed by atoms with Gasteiger partial charge in [-0.1, -0.05) is 15.9 Å². The largest absolute Gasteiger partial charge is 0.495 e. The van der Waals surface area contributed by atoms with E-state index in [1.165, 1.54) is 7.11 Å². The number of imide groups is 1. The number of benzene rings is 2. The SMILES string of the molecule is COc1c(Br)cc(Br)cc1/C=C1\SC(=O)N(CC(=O)Nc2ccc(I)cc2)C1=O. The molecule has 0 radical (unpaired) electrons. The summed E-state index contributed by atoms with van der Waals surface area (Å²) in [5, 5.41) is 2.19. The second kappa shape index (κ2) is 9.63. The Hall–Kier alpha value is -1.37. The van der Waals surface area contributed by atoms with Gasteiger partial charge in [-0.05, 0) is 92.8 Å². The van der Waals surface area contributed by atoms with Crippen molar-refractivity contribution in [1.29, 1.82) is 0 Å². The van der Waals surface area contributed by atoms with Crippen molar-refractivity contribution in [3.63, 3.8) is 0 Å². The maximum absolute atomic E-state index is 12.7. The molecule has 0 saturated carbocycles. The van der Waals surface area contributed by atoms with Crippen LogP contribution in [0.15, 0.2) is 50.2 Å². The maximum atomic E-state index is 12.7. The highest BCUT2D eigenvalue weighted by atomic mass is 127. The topological polar surface area (TPSA) is 75.7 Å². The lowest BCUT2D eigenvalue weighted by Crippen LogP contribution is -2.36. The zero-order valence-electron chi connectivity index (χ0n) is 14.9. The number of nitrogens with one attached hydrogen (secondary N) is 1. The number of nitrogens with zero attached hydrogens (tertiary/aromatic N) is 1. The fraction of sp³-hybridized carbons (Fsp3) is 0.105. The molecule has 0 unspecified atom stereocenters. The van der Waals surface area contributed by atoms with Crippen molar-refractivity contribution in [3.05, 3.63) is 59.4 Å². The Balaban J connectivity index is 1.77. The van der Waals surface area contributed by atoms with Gasteiger partial charge in [-0.3, -0.25) is 19.3 Å². The van der Waals surface area contributed by atoms with Crippen LogP contribution in [0.4, 0.5) is 10.5 Å². The van der Waals surface area contributed by atoms with E-state index in [1.54, 1.807) is 24.3 Å². The molecule has 1 fully saturated rings. The number of hydrogen-bond acceptors (Lipinski definition) is 5. The number of ether oxygens (including phenoxy) is 1. The summed E-state index contributed by atoms with van der Waals surface area (Å²) in [7, 11) is 1.52. The van der Waals surface area contributed by atoms with Crippen molar-refractivity contribution >= 4 is 95.0 Å². The molecule has 3 amide bonds. The molecular weight excluding hydrogens is 639 g/mol. The minimum Gasteiger partial charge on any atom is -0.495 e. The van der Waals surface area contributed by atoms with Crippen LogP contribution in [0.5, 0.6) is 5.75 Å². The first kappa shape index (κ1) is 22.3. The number of carbonyl (C=O) groups excluding carboxylic acids is 3. The molecule has 3 rings (SSSR count). The van der Waals surface area contributed by atoms with Crippen LogP contribution in [0.25, 0.3) is 6.08 Å². The van der Waals surface area contributed by atoms with Crippen molar-refractivity contribution in [2.24, 2.45) is 0 Å². The third-order valence-corrected chi connectivity index (χ3v) is 6.50. The van der Waals surface area contributed by atoms with Crippen LogP contribution in [0.2, 0.25) is 0 Å². The fourth-order valence-corrected chi connectivity index (χ4v) is 5.17. The number of halogens is 3. The number of amides is 3. The van der Waals surface area contributed by atoms with Crippen LogP contribution < -0.4 is 10.1 Å². The highest BCUT2D eigenvalue weighted by Gasteiger charge is 2.36. The number of anilines is 1. The molecule has 6 nitrogen and oxygen atoms in total. The molecule has 29 heavy (non-hydrogen) atoms. The molecule has 0 aliphatic carbocycles. The molecule has 1 aliphatic rings. The Bertz CT molecular complexity index is 1030. The zero-order valence-corrected chi connectivity index (χ0v) is 21.0. The molecule has 1 N–H and O–H groups in total. The van der Waals surface area contributed by atoms with E-state index in [9.17, 15) is 14.4 Å². The molecule has 0 aromatic heterocycles. The zero-order chi connectivity index (χ0) is 21.1. The lowest BCUT2D eigenvalue weighted by atomic mass is 10.2. The van der Waals surface area contributed by atoms with Gasteiger partial charge < -0.3 is 10.1 Å². The first-order valence-electron chi connectivity index (χ1n) is 8.12. The van der Waals surface area contributed by atoms with Crippen molar-refractivity contribution in [3.8, 4) is 5.75 Å². The Morgan fingerprint density at radius 2 is 1.93 bits per heavy atom. The van der Waals surface area contributed by atoms with Crippen molar-refractivity contribution in [2.75, 3.05) is 19.0 Å². The second-order valence-corrected chi connectivity index (χ2v) is 9.84. The number of thioether (sulfide) groups is 1. The summed E-state index contributed by atoms with van der Waals surface area (Å²) in [6.45, 7) is -0.354. The Morgan fingerprint density at radius 3 is 2.59 bits per heavy atom. The minimum atomic E-state index is -0.518. The summed E-state index contributed by atoms with van der Waals surface area (Å²) in [5.41, 5.74) is 1.23. The van der Waals surface area contributed by atoms with Crippen LogP contribution in [0, 0.1) is 3.57 Å². The number of methoxy groups -OCH3 is 1. The normalized spacial score (nSPS) is 15.2. The van der Waals surface area contributed by atoms with Gasteiger partial charge in [0.15, 0.2) is 0 Å². The van der Waals surface area contributed by atoms with Gasteiger partial charge in [-0.2, -0.15) is 0 Å². The number of carbonyl (C=O) groups is 3. The molecule has 0 bridgehead atoms. The van der Waals surface area contributed by atoms with E-state index in [1.807, 2.05) is 18.2 Å². The minimum absolute atomic E-state index is 0.223. The van der Waals surface area contributed by atoms with Gasteiger partial charge in [-0.25, -0.2) is 0 Å². The summed E-state index contributed by atoms with van der Waals surface area (Å²) < 4.78 is 7.90. The monoisotopic (exact) mass is 650 g/mol. The van der Waals surface area contributed by atoms with E-state index >= 15 is 0 Å². The average Bonchev–Trinajstić information content (AvgIpc) is 2.91. The molecular formula is C19H13Br2IN2O4S. The summed E-state index contributed by atoms with van der Waals surface area (Å²) in [6.07, 6.45) is 1.58.